The number of carbonyl (C=O) groups excluding carboxylic acids is 1. The number of halogens is 1. The van der Waals surface area contributed by atoms with Crippen molar-refractivity contribution in [3.05, 3.63) is 58.0 Å². The summed E-state index contributed by atoms with van der Waals surface area (Å²) in [7, 11) is -3.70. The van der Waals surface area contributed by atoms with Crippen molar-refractivity contribution in [3.8, 4) is 11.5 Å². The van der Waals surface area contributed by atoms with Crippen LogP contribution in [-0.2, 0) is 14.9 Å². The molecule has 10 heteroatoms. The Morgan fingerprint density at radius 3 is 2.62 bits per heavy atom. The quantitative estimate of drug-likeness (QED) is 0.350. The van der Waals surface area contributed by atoms with Crippen LogP contribution in [0.2, 0.25) is 5.02 Å². The average molecular weight is 470 g/mol. The van der Waals surface area contributed by atoms with Gasteiger partial charge in [-0.15, -0.1) is 0 Å². The second kappa shape index (κ2) is 8.74. The van der Waals surface area contributed by atoms with Gasteiger partial charge in [0, 0.05) is 5.02 Å². The molecule has 1 heterocycles. The van der Waals surface area contributed by atoms with Crippen LogP contribution in [0.5, 0.6) is 11.5 Å². The van der Waals surface area contributed by atoms with Crippen LogP contribution in [0, 0.1) is 0 Å². The first-order chi connectivity index (χ1) is 13.7. The molecule has 0 bridgehead atoms. The van der Waals surface area contributed by atoms with E-state index in [1.54, 1.807) is 49.4 Å². The molecule has 0 radical (unpaired) electrons. The van der Waals surface area contributed by atoms with Crippen molar-refractivity contribution < 1.29 is 22.1 Å². The molecule has 0 spiro atoms. The van der Waals surface area contributed by atoms with Crippen LogP contribution >= 0.6 is 35.6 Å². The molecule has 1 fully saturated rings. The standard InChI is InChI=1S/C19H16ClNO5S3/c1-3-25-16-9-12(7-8-15(16)26-29(2,23)24)10-17-18(22)21(19(27)28-17)14-6-4-5-13(20)11-14/h4-11H,3H2,1-2H3/b17-10+. The Bertz CT molecular complexity index is 1110. The number of thiocarbonyl (C=S) groups is 1. The minimum Gasteiger partial charge on any atom is -0.490 e. The minimum atomic E-state index is -3.70. The van der Waals surface area contributed by atoms with Gasteiger partial charge in [0.25, 0.3) is 5.91 Å². The summed E-state index contributed by atoms with van der Waals surface area (Å²) >= 11 is 12.5. The van der Waals surface area contributed by atoms with Gasteiger partial charge in [0.05, 0.1) is 23.5 Å². The van der Waals surface area contributed by atoms with Gasteiger partial charge in [-0.1, -0.05) is 47.7 Å². The molecule has 0 atom stereocenters. The van der Waals surface area contributed by atoms with E-state index >= 15 is 0 Å². The molecule has 1 aliphatic heterocycles. The number of ether oxygens (including phenoxy) is 1. The van der Waals surface area contributed by atoms with Gasteiger partial charge in [0.2, 0.25) is 0 Å². The third kappa shape index (κ3) is 5.30. The Kier molecular flexibility index (Phi) is 6.52. The molecular weight excluding hydrogens is 454 g/mol. The lowest BCUT2D eigenvalue weighted by atomic mass is 10.2. The van der Waals surface area contributed by atoms with Crippen LogP contribution in [0.25, 0.3) is 6.08 Å². The van der Waals surface area contributed by atoms with Crippen molar-refractivity contribution in [1.82, 2.24) is 0 Å². The predicted octanol–water partition coefficient (Wildman–Crippen LogP) is 4.48. The maximum Gasteiger partial charge on any atom is 0.306 e. The van der Waals surface area contributed by atoms with E-state index in [1.165, 1.54) is 22.7 Å². The molecule has 3 rings (SSSR count). The molecule has 6 nitrogen and oxygen atoms in total. The Morgan fingerprint density at radius 2 is 1.97 bits per heavy atom. The summed E-state index contributed by atoms with van der Waals surface area (Å²) in [5.41, 5.74) is 1.23. The lowest BCUT2D eigenvalue weighted by Crippen LogP contribution is -2.27. The van der Waals surface area contributed by atoms with Crippen molar-refractivity contribution >= 4 is 67.7 Å². The third-order valence-electron chi connectivity index (χ3n) is 3.67. The maximum absolute atomic E-state index is 12.9. The smallest absolute Gasteiger partial charge is 0.306 e. The summed E-state index contributed by atoms with van der Waals surface area (Å²) < 4.78 is 33.7. The zero-order chi connectivity index (χ0) is 21.2. The highest BCUT2D eigenvalue weighted by Gasteiger charge is 2.33. The SMILES string of the molecule is CCOc1cc(/C=C2/SC(=S)N(c3cccc(Cl)c3)C2=O)ccc1OS(C)(=O)=O. The topological polar surface area (TPSA) is 72.9 Å². The molecule has 0 unspecified atom stereocenters. The molecule has 0 aromatic heterocycles. The van der Waals surface area contributed by atoms with E-state index in [0.717, 1.165) is 6.26 Å². The van der Waals surface area contributed by atoms with Crippen LogP contribution in [0.4, 0.5) is 5.69 Å². The van der Waals surface area contributed by atoms with Gasteiger partial charge in [-0.25, -0.2) is 0 Å². The van der Waals surface area contributed by atoms with E-state index in [2.05, 4.69) is 0 Å². The van der Waals surface area contributed by atoms with Crippen LogP contribution in [0.3, 0.4) is 0 Å². The van der Waals surface area contributed by atoms with Gasteiger partial charge in [-0.2, -0.15) is 8.42 Å². The lowest BCUT2D eigenvalue weighted by molar-refractivity contribution is -0.113. The summed E-state index contributed by atoms with van der Waals surface area (Å²) in [6.07, 6.45) is 2.62. The first-order valence-corrected chi connectivity index (χ1v) is 11.8. The fourth-order valence-corrected chi connectivity index (χ4v) is 4.52. The van der Waals surface area contributed by atoms with Crippen molar-refractivity contribution in [2.45, 2.75) is 6.92 Å². The molecule has 1 amide bonds. The predicted molar refractivity (Wildman–Crippen MR) is 120 cm³/mol. The number of nitrogens with zero attached hydrogens (tertiary/aromatic N) is 1. The molecule has 152 valence electrons. The van der Waals surface area contributed by atoms with Crippen LogP contribution in [-0.4, -0.2) is 31.5 Å². The Labute approximate surface area is 183 Å². The van der Waals surface area contributed by atoms with Gasteiger partial charge in [-0.3, -0.25) is 9.69 Å². The summed E-state index contributed by atoms with van der Waals surface area (Å²) in [5.74, 6) is 0.0756. The molecule has 2 aromatic rings. The van der Waals surface area contributed by atoms with Gasteiger partial charge in [0.15, 0.2) is 15.8 Å². The van der Waals surface area contributed by atoms with Crippen LogP contribution in [0.15, 0.2) is 47.4 Å². The van der Waals surface area contributed by atoms with E-state index in [4.69, 9.17) is 32.7 Å². The van der Waals surface area contributed by atoms with E-state index < -0.39 is 10.1 Å². The monoisotopic (exact) mass is 469 g/mol. The number of rotatable bonds is 6. The molecule has 0 N–H and O–H groups in total. The summed E-state index contributed by atoms with van der Waals surface area (Å²) in [6.45, 7) is 2.09. The number of benzene rings is 2. The molecule has 0 aliphatic carbocycles. The lowest BCUT2D eigenvalue weighted by Gasteiger charge is -2.14. The fraction of sp³-hybridized carbons (Fsp3) is 0.158. The van der Waals surface area contributed by atoms with Gasteiger partial charge >= 0.3 is 10.1 Å². The summed E-state index contributed by atoms with van der Waals surface area (Å²) in [6, 6.07) is 11.6. The van der Waals surface area contributed by atoms with Crippen molar-refractivity contribution in [2.24, 2.45) is 0 Å². The van der Waals surface area contributed by atoms with Gasteiger partial charge in [0.1, 0.15) is 0 Å². The molecule has 0 saturated carbocycles. The van der Waals surface area contributed by atoms with Crippen LogP contribution < -0.4 is 13.8 Å². The normalized spacial score (nSPS) is 15.8. The van der Waals surface area contributed by atoms with Gasteiger partial charge < -0.3 is 8.92 Å². The average Bonchev–Trinajstić information content (AvgIpc) is 2.90. The number of anilines is 1. The van der Waals surface area contributed by atoms with Crippen LogP contribution in [0.1, 0.15) is 12.5 Å². The summed E-state index contributed by atoms with van der Waals surface area (Å²) in [5, 5.41) is 0.503. The molecule has 29 heavy (non-hydrogen) atoms. The molecular formula is C19H16ClNO5S3. The fourth-order valence-electron chi connectivity index (χ4n) is 2.57. The first kappa shape index (κ1) is 21.6. The van der Waals surface area contributed by atoms with E-state index in [1.807, 2.05) is 0 Å². The van der Waals surface area contributed by atoms with Crippen molar-refractivity contribution in [2.75, 3.05) is 17.8 Å². The number of carbonyl (C=O) groups is 1. The van der Waals surface area contributed by atoms with Gasteiger partial charge in [-0.05, 0) is 48.9 Å². The number of hydrogen-bond acceptors (Lipinski definition) is 7. The second-order valence-electron chi connectivity index (χ2n) is 5.92. The maximum atomic E-state index is 12.9. The zero-order valence-corrected chi connectivity index (χ0v) is 18.6. The van der Waals surface area contributed by atoms with Crippen molar-refractivity contribution in [1.29, 1.82) is 0 Å². The highest BCUT2D eigenvalue weighted by Crippen LogP contribution is 2.38. The first-order valence-electron chi connectivity index (χ1n) is 8.38. The van der Waals surface area contributed by atoms with E-state index in [-0.39, 0.29) is 17.4 Å². The molecule has 2 aromatic carbocycles. The number of hydrogen-bond donors (Lipinski definition) is 0. The minimum absolute atomic E-state index is 0.0815. The van der Waals surface area contributed by atoms with E-state index in [9.17, 15) is 13.2 Å². The third-order valence-corrected chi connectivity index (χ3v) is 5.69. The van der Waals surface area contributed by atoms with E-state index in [0.29, 0.717) is 32.1 Å². The largest absolute Gasteiger partial charge is 0.490 e. The molecule has 1 aliphatic rings. The molecule has 1 saturated heterocycles. The number of thioether (sulfide) groups is 1. The zero-order valence-electron chi connectivity index (χ0n) is 15.4. The Hall–Kier alpha value is -2.07. The highest BCUT2D eigenvalue weighted by atomic mass is 35.5. The summed E-state index contributed by atoms with van der Waals surface area (Å²) in [4.78, 5) is 14.7. The highest BCUT2D eigenvalue weighted by molar-refractivity contribution is 8.27. The Morgan fingerprint density at radius 1 is 1.21 bits per heavy atom. The Balaban J connectivity index is 1.92. The van der Waals surface area contributed by atoms with Crippen molar-refractivity contribution in [3.63, 3.8) is 0 Å². The second-order valence-corrected chi connectivity index (χ2v) is 9.61. The number of amides is 1.